The van der Waals surface area contributed by atoms with Crippen molar-refractivity contribution in [3.8, 4) is 0 Å². The van der Waals surface area contributed by atoms with Gasteiger partial charge in [-0.05, 0) is 125 Å². The van der Waals surface area contributed by atoms with Crippen molar-refractivity contribution in [1.82, 2.24) is 19.2 Å². The molecule has 3 aliphatic heterocycles. The number of ether oxygens (including phenoxy) is 2. The molecule has 59 heavy (non-hydrogen) atoms. The molecule has 2 spiro atoms. The maximum atomic E-state index is 15.7. The van der Waals surface area contributed by atoms with Crippen molar-refractivity contribution >= 4 is 33.9 Å². The lowest BCUT2D eigenvalue weighted by Gasteiger charge is -2.45. The number of hydrogen-bond acceptors (Lipinski definition) is 8. The first-order valence-electron chi connectivity index (χ1n) is 22.9. The number of nitrogens with one attached hydrogen (secondary N) is 2. The number of rotatable bonds is 14. The lowest BCUT2D eigenvalue weighted by Crippen LogP contribution is -2.52. The summed E-state index contributed by atoms with van der Waals surface area (Å²) in [5, 5.41) is 3.28. The third-order valence-corrected chi connectivity index (χ3v) is 19.0. The SMILES string of the molecule is C=C[C@@H]1C[C@]1(CC(=O)[C@@H]1C[C@@]2(CN1C(=O)[C@@H](CC[C@@H](NC(=O)OC(C)(C)C)C1(C)CCCCC1)C1(C)CCOCC1)C(C)(C)C21CCC1)C(=O)NS(=O)(=O)N1CCCC1. The first-order chi connectivity index (χ1) is 27.6. The second-order valence-corrected chi connectivity index (χ2v) is 23.7. The molecule has 3 heterocycles. The number of ketones is 1. The molecule has 3 amide bonds. The summed E-state index contributed by atoms with van der Waals surface area (Å²) in [5.41, 5.74) is -2.58. The Balaban J connectivity index is 1.18. The van der Waals surface area contributed by atoms with Crippen LogP contribution in [0.3, 0.4) is 0 Å². The molecule has 12 nitrogen and oxygen atoms in total. The topological polar surface area (TPSA) is 151 Å². The maximum Gasteiger partial charge on any atom is 0.407 e. The molecule has 332 valence electrons. The van der Waals surface area contributed by atoms with Gasteiger partial charge in [0.25, 0.3) is 0 Å². The van der Waals surface area contributed by atoms with E-state index in [1.807, 2.05) is 25.7 Å². The Bertz CT molecular complexity index is 1770. The van der Waals surface area contributed by atoms with E-state index in [1.165, 1.54) is 10.7 Å². The van der Waals surface area contributed by atoms with Crippen LogP contribution < -0.4 is 10.0 Å². The summed E-state index contributed by atoms with van der Waals surface area (Å²) in [6.07, 6.45) is 14.7. The summed E-state index contributed by atoms with van der Waals surface area (Å²) in [6.45, 7) is 21.0. The average molecular weight is 843 g/mol. The highest BCUT2D eigenvalue weighted by molar-refractivity contribution is 7.87. The van der Waals surface area contributed by atoms with E-state index < -0.39 is 45.2 Å². The highest BCUT2D eigenvalue weighted by Gasteiger charge is 2.85. The third kappa shape index (κ3) is 7.82. The van der Waals surface area contributed by atoms with Crippen molar-refractivity contribution in [2.75, 3.05) is 32.8 Å². The predicted octanol–water partition coefficient (Wildman–Crippen LogP) is 7.47. The zero-order valence-electron chi connectivity index (χ0n) is 37.2. The summed E-state index contributed by atoms with van der Waals surface area (Å²) in [5.74, 6) is -1.59. The van der Waals surface area contributed by atoms with Crippen LogP contribution in [0.15, 0.2) is 12.7 Å². The van der Waals surface area contributed by atoms with E-state index in [4.69, 9.17) is 9.47 Å². The van der Waals surface area contributed by atoms with E-state index in [0.717, 1.165) is 57.8 Å². The summed E-state index contributed by atoms with van der Waals surface area (Å²) < 4.78 is 41.8. The number of likely N-dealkylation sites (tertiary alicyclic amines) is 1. The van der Waals surface area contributed by atoms with Gasteiger partial charge in [0.05, 0.1) is 11.5 Å². The molecule has 0 unspecified atom stereocenters. The number of allylic oxidation sites excluding steroid dienone is 1. The molecule has 2 N–H and O–H groups in total. The molecule has 4 saturated carbocycles. The minimum Gasteiger partial charge on any atom is -0.444 e. The monoisotopic (exact) mass is 843 g/mol. The van der Waals surface area contributed by atoms with Crippen LogP contribution in [0.4, 0.5) is 4.79 Å². The Hall–Kier alpha value is -2.51. The third-order valence-electron chi connectivity index (χ3n) is 17.5. The molecule has 0 radical (unpaired) electrons. The van der Waals surface area contributed by atoms with Gasteiger partial charge in [0, 0.05) is 56.6 Å². The quantitative estimate of drug-likeness (QED) is 0.171. The Morgan fingerprint density at radius 1 is 0.847 bits per heavy atom. The molecule has 0 aromatic rings. The Kier molecular flexibility index (Phi) is 11.8. The first kappa shape index (κ1) is 44.5. The van der Waals surface area contributed by atoms with E-state index in [9.17, 15) is 18.0 Å². The second kappa shape index (κ2) is 15.7. The van der Waals surface area contributed by atoms with Crippen LogP contribution in [0.25, 0.3) is 0 Å². The van der Waals surface area contributed by atoms with Crippen molar-refractivity contribution in [3.05, 3.63) is 12.7 Å². The molecular weight excluding hydrogens is 769 g/mol. The van der Waals surface area contributed by atoms with Crippen molar-refractivity contribution in [1.29, 1.82) is 0 Å². The van der Waals surface area contributed by atoms with Crippen LogP contribution in [-0.4, -0.2) is 91.8 Å². The lowest BCUT2D eigenvalue weighted by atomic mass is 9.65. The average Bonchev–Trinajstić information content (AvgIpc) is 3.60. The summed E-state index contributed by atoms with van der Waals surface area (Å²) in [7, 11) is -4.04. The number of amides is 3. The van der Waals surface area contributed by atoms with E-state index >= 15 is 9.59 Å². The van der Waals surface area contributed by atoms with Crippen LogP contribution >= 0.6 is 0 Å². The Morgan fingerprint density at radius 2 is 1.49 bits per heavy atom. The normalized spacial score (nSPS) is 32.8. The Labute approximate surface area is 354 Å². The van der Waals surface area contributed by atoms with Gasteiger partial charge in [0.1, 0.15) is 5.60 Å². The van der Waals surface area contributed by atoms with Crippen molar-refractivity contribution < 1.29 is 37.1 Å². The summed E-state index contributed by atoms with van der Waals surface area (Å²) in [4.78, 5) is 60.0. The standard InChI is InChI=1S/C46H74N4O8S/c1-9-32-28-44(32,38(53)48-59(55,56)49-24-13-14-25-49)30-35(51)34-29-46(41(5,6)45(46)20-15-21-45)31-50(34)37(52)33(42(7)22-26-57-27-23-42)16-17-36(43(8)18-11-10-12-19-43)47-39(54)58-40(2,3)4/h9,32-34,36H,1,10-31H2,2-8H3,(H,47,54)(H,48,53)/t32-,33-,34+,36-,44-,46-/m1/s1. The number of Topliss-reactive ketones (excluding diaryl/α,β-unsaturated/α-hetero) is 1. The highest BCUT2D eigenvalue weighted by Crippen LogP contribution is 2.88. The number of alkyl carbamates (subject to hydrolysis) is 1. The smallest absolute Gasteiger partial charge is 0.407 e. The van der Waals surface area contributed by atoms with E-state index in [-0.39, 0.29) is 57.1 Å². The fraction of sp³-hybridized carbons (Fsp3) is 0.870. The van der Waals surface area contributed by atoms with Gasteiger partial charge >= 0.3 is 16.3 Å². The van der Waals surface area contributed by atoms with Gasteiger partial charge < -0.3 is 19.7 Å². The molecule has 0 aromatic heterocycles. The molecule has 13 heteroatoms. The molecule has 4 aliphatic carbocycles. The predicted molar refractivity (Wildman–Crippen MR) is 226 cm³/mol. The van der Waals surface area contributed by atoms with Crippen LogP contribution in [0.5, 0.6) is 0 Å². The van der Waals surface area contributed by atoms with Gasteiger partial charge in [0.2, 0.25) is 11.8 Å². The minimum absolute atomic E-state index is 0.0159. The number of carbonyl (C=O) groups is 4. The zero-order chi connectivity index (χ0) is 42.9. The van der Waals surface area contributed by atoms with Crippen LogP contribution in [-0.2, 0) is 34.1 Å². The summed E-state index contributed by atoms with van der Waals surface area (Å²) in [6, 6.07) is -0.912. The first-order valence-corrected chi connectivity index (χ1v) is 24.4. The molecule has 0 bridgehead atoms. The molecule has 3 saturated heterocycles. The van der Waals surface area contributed by atoms with Gasteiger partial charge in [0.15, 0.2) is 5.78 Å². The van der Waals surface area contributed by atoms with Crippen LogP contribution in [0.1, 0.15) is 158 Å². The van der Waals surface area contributed by atoms with Gasteiger partial charge in [-0.3, -0.25) is 14.4 Å². The highest BCUT2D eigenvalue weighted by atomic mass is 32.2. The molecule has 7 aliphatic rings. The second-order valence-electron chi connectivity index (χ2n) is 22.0. The van der Waals surface area contributed by atoms with Crippen LogP contribution in [0.2, 0.25) is 0 Å². The van der Waals surface area contributed by atoms with Crippen LogP contribution in [0, 0.1) is 44.3 Å². The molecule has 6 atom stereocenters. The largest absolute Gasteiger partial charge is 0.444 e. The van der Waals surface area contributed by atoms with Gasteiger partial charge in [-0.25, -0.2) is 9.52 Å². The summed E-state index contributed by atoms with van der Waals surface area (Å²) >= 11 is 0. The van der Waals surface area contributed by atoms with Crippen molar-refractivity contribution in [2.24, 2.45) is 44.3 Å². The molecular formula is C46H74N4O8S. The van der Waals surface area contributed by atoms with Gasteiger partial charge in [-0.2, -0.15) is 12.7 Å². The number of carbonyl (C=O) groups excluding carboxylic acids is 4. The molecule has 7 rings (SSSR count). The lowest BCUT2D eigenvalue weighted by molar-refractivity contribution is -0.148. The molecule has 0 aromatic carbocycles. The number of nitrogens with zero attached hydrogens (tertiary/aromatic N) is 2. The maximum absolute atomic E-state index is 15.7. The van der Waals surface area contributed by atoms with E-state index in [0.29, 0.717) is 71.4 Å². The molecule has 7 fully saturated rings. The van der Waals surface area contributed by atoms with Gasteiger partial charge in [-0.1, -0.05) is 59.5 Å². The fourth-order valence-electron chi connectivity index (χ4n) is 13.2. The van der Waals surface area contributed by atoms with E-state index in [2.05, 4.69) is 44.3 Å². The number of hydrogen-bond donors (Lipinski definition) is 2. The Morgan fingerprint density at radius 3 is 2.03 bits per heavy atom. The van der Waals surface area contributed by atoms with Crippen molar-refractivity contribution in [3.63, 3.8) is 0 Å². The number of fused-ring (bicyclic) bond motifs is 1. The van der Waals surface area contributed by atoms with E-state index in [1.54, 1.807) is 6.08 Å². The minimum atomic E-state index is -4.04. The zero-order valence-corrected chi connectivity index (χ0v) is 38.0. The van der Waals surface area contributed by atoms with Gasteiger partial charge in [-0.15, -0.1) is 6.58 Å². The van der Waals surface area contributed by atoms with Crippen molar-refractivity contribution in [2.45, 2.75) is 175 Å². The fourth-order valence-corrected chi connectivity index (χ4v) is 14.5.